The van der Waals surface area contributed by atoms with Gasteiger partial charge in [-0.25, -0.2) is 9.67 Å². The van der Waals surface area contributed by atoms with Gasteiger partial charge in [-0.1, -0.05) is 5.10 Å². The van der Waals surface area contributed by atoms with E-state index in [4.69, 9.17) is 10.1 Å². The summed E-state index contributed by atoms with van der Waals surface area (Å²) < 4.78 is 1.65. The molecule has 0 bridgehead atoms. The fourth-order valence-electron chi connectivity index (χ4n) is 11.4. The number of H-pyrrole nitrogens is 1. The first-order chi connectivity index (χ1) is 34.4. The van der Waals surface area contributed by atoms with Gasteiger partial charge in [-0.05, 0) is 105 Å². The fraction of sp³-hybridized carbons (Fsp3) is 0.480. The molecule has 71 heavy (non-hydrogen) atoms. The summed E-state index contributed by atoms with van der Waals surface area (Å²) in [5.41, 5.74) is 6.23. The second-order valence-corrected chi connectivity index (χ2v) is 19.9. The number of hydrogen-bond donors (Lipinski definition) is 3. The number of carbonyl (C=O) groups excluding carboxylic acids is 5. The topological polar surface area (TPSA) is 217 Å². The van der Waals surface area contributed by atoms with Crippen molar-refractivity contribution >= 4 is 63.6 Å². The molecule has 21 nitrogen and oxygen atoms in total. The molecule has 6 aliphatic rings. The minimum absolute atomic E-state index is 0.0992. The molecule has 2 aromatic carbocycles. The Hall–Kier alpha value is -7.10. The predicted molar refractivity (Wildman–Crippen MR) is 266 cm³/mol. The number of aromatic amines is 1. The number of benzene rings is 2. The molecule has 6 aliphatic heterocycles. The van der Waals surface area contributed by atoms with E-state index >= 15 is 0 Å². The maximum absolute atomic E-state index is 13.7. The fourth-order valence-corrected chi connectivity index (χ4v) is 11.4. The molecule has 0 aliphatic carbocycles. The largest absolute Gasteiger partial charge is 0.371 e. The van der Waals surface area contributed by atoms with Gasteiger partial charge in [0.05, 0.1) is 28.3 Å². The van der Waals surface area contributed by atoms with Gasteiger partial charge in [0.15, 0.2) is 0 Å². The molecule has 370 valence electrons. The first kappa shape index (κ1) is 46.3. The number of nitrogens with zero attached hydrogens (tertiary/aromatic N) is 13. The summed E-state index contributed by atoms with van der Waals surface area (Å²) in [7, 11) is 1.85. The average Bonchev–Trinajstić information content (AvgIpc) is 4.10. The number of piperazine rings is 2. The molecule has 3 N–H and O–H groups in total. The summed E-state index contributed by atoms with van der Waals surface area (Å²) in [6, 6.07) is 14.4. The van der Waals surface area contributed by atoms with Crippen molar-refractivity contribution in [2.24, 2.45) is 5.92 Å². The molecule has 0 spiro atoms. The Kier molecular flexibility index (Phi) is 12.3. The minimum Gasteiger partial charge on any atom is -0.371 e. The van der Waals surface area contributed by atoms with Crippen LogP contribution >= 0.6 is 0 Å². The number of nitrogens with one attached hydrogen (secondary N) is 3. The first-order valence-electron chi connectivity index (χ1n) is 24.9. The molecule has 11 rings (SSSR count). The number of pyridine rings is 1. The maximum atomic E-state index is 13.7. The highest BCUT2D eigenvalue weighted by molar-refractivity contribution is 6.23. The normalized spacial score (nSPS) is 23.0. The molecule has 5 aromatic rings. The average molecular weight is 965 g/mol. The summed E-state index contributed by atoms with van der Waals surface area (Å²) in [4.78, 5) is 84.6. The van der Waals surface area contributed by atoms with Gasteiger partial charge in [0.2, 0.25) is 17.8 Å². The van der Waals surface area contributed by atoms with Gasteiger partial charge in [-0.15, -0.1) is 0 Å². The highest BCUT2D eigenvalue weighted by Crippen LogP contribution is 2.36. The van der Waals surface area contributed by atoms with Gasteiger partial charge < -0.3 is 24.9 Å². The van der Waals surface area contributed by atoms with Crippen molar-refractivity contribution in [3.63, 3.8) is 0 Å². The van der Waals surface area contributed by atoms with Crippen LogP contribution in [0, 0.1) is 5.92 Å². The van der Waals surface area contributed by atoms with E-state index in [-0.39, 0.29) is 30.7 Å². The molecule has 0 radical (unpaired) electrons. The van der Waals surface area contributed by atoms with Gasteiger partial charge >= 0.3 is 0 Å². The van der Waals surface area contributed by atoms with Gasteiger partial charge in [-0.3, -0.25) is 49.1 Å². The summed E-state index contributed by atoms with van der Waals surface area (Å²) in [5, 5.41) is 26.2. The lowest BCUT2D eigenvalue weighted by atomic mass is 9.95. The van der Waals surface area contributed by atoms with Gasteiger partial charge in [0.1, 0.15) is 17.6 Å². The highest BCUT2D eigenvalue weighted by Gasteiger charge is 2.45. The molecule has 4 fully saturated rings. The van der Waals surface area contributed by atoms with Crippen molar-refractivity contribution < 1.29 is 24.0 Å². The summed E-state index contributed by atoms with van der Waals surface area (Å²) >= 11 is 0. The lowest BCUT2D eigenvalue weighted by Gasteiger charge is -2.42. The first-order valence-corrected chi connectivity index (χ1v) is 24.9. The van der Waals surface area contributed by atoms with Gasteiger partial charge in [0, 0.05) is 132 Å². The molecule has 0 saturated carbocycles. The zero-order valence-corrected chi connectivity index (χ0v) is 40.7. The number of hydrogen-bond acceptors (Lipinski definition) is 16. The van der Waals surface area contributed by atoms with E-state index in [0.29, 0.717) is 40.3 Å². The van der Waals surface area contributed by atoms with E-state index in [1.54, 1.807) is 16.8 Å². The Morgan fingerprint density at radius 3 is 2.41 bits per heavy atom. The number of imide groups is 2. The molecule has 1 unspecified atom stereocenters. The van der Waals surface area contributed by atoms with E-state index in [9.17, 15) is 24.0 Å². The van der Waals surface area contributed by atoms with Crippen LogP contribution in [0.5, 0.6) is 0 Å². The van der Waals surface area contributed by atoms with Crippen LogP contribution in [0.4, 0.5) is 23.1 Å². The Bertz CT molecular complexity index is 2950. The third kappa shape index (κ3) is 8.79. The Labute approximate surface area is 411 Å². The smallest absolute Gasteiger partial charge is 0.262 e. The lowest BCUT2D eigenvalue weighted by molar-refractivity contribution is -0.136. The quantitative estimate of drug-likeness (QED) is 0.162. The molecule has 4 saturated heterocycles. The molecular weight excluding hydrogens is 905 g/mol. The number of tetrazole rings is 1. The third-order valence-electron chi connectivity index (χ3n) is 15.7. The number of allylic oxidation sites excluding steroid dienone is 1. The van der Waals surface area contributed by atoms with Gasteiger partial charge in [-0.2, -0.15) is 5.10 Å². The molecule has 3 atom stereocenters. The summed E-state index contributed by atoms with van der Waals surface area (Å²) in [5.74, 6) is -0.0159. The van der Waals surface area contributed by atoms with Crippen LogP contribution in [0.2, 0.25) is 0 Å². The number of fused-ring (bicyclic) bond motifs is 3. The van der Waals surface area contributed by atoms with E-state index in [0.717, 1.165) is 136 Å². The maximum Gasteiger partial charge on any atom is 0.262 e. The molecule has 9 heterocycles. The Morgan fingerprint density at radius 1 is 0.831 bits per heavy atom. The second kappa shape index (κ2) is 18.9. The van der Waals surface area contributed by atoms with Crippen LogP contribution in [-0.4, -0.2) is 182 Å². The zero-order chi connectivity index (χ0) is 49.1. The van der Waals surface area contributed by atoms with E-state index < -0.39 is 23.8 Å². The van der Waals surface area contributed by atoms with Crippen molar-refractivity contribution in [3.05, 3.63) is 77.1 Å². The minimum atomic E-state index is -0.964. The van der Waals surface area contributed by atoms with E-state index in [2.05, 4.69) is 68.7 Å². The summed E-state index contributed by atoms with van der Waals surface area (Å²) in [6.07, 6.45) is 4.21. The predicted octanol–water partition coefficient (Wildman–Crippen LogP) is 2.98. The molecule has 3 aromatic heterocycles. The van der Waals surface area contributed by atoms with Crippen LogP contribution in [0.3, 0.4) is 0 Å². The number of carbonyl (C=O) groups is 5. The van der Waals surface area contributed by atoms with E-state index in [1.807, 2.05) is 62.3 Å². The van der Waals surface area contributed by atoms with E-state index in [1.165, 1.54) is 0 Å². The van der Waals surface area contributed by atoms with Crippen molar-refractivity contribution in [2.75, 3.05) is 106 Å². The number of piperidine rings is 2. The SMILES string of the molecule is CC1=C(C(=O)Nc2ccc3[nH]nc(-c4ccnc(N5CCN(CCN6CCN(CC7CCN(c8ccc9c(c8)C(=O)N(C8CCC(=O)NC8=O)C9=O)CC7)CC6)[C@@H](C)C5)c4)c3c2)[C@H](C)n2nnnc2N1C. The van der Waals surface area contributed by atoms with Gasteiger partial charge in [0.25, 0.3) is 17.7 Å². The number of rotatable bonds is 11. The van der Waals surface area contributed by atoms with Crippen LogP contribution in [0.1, 0.15) is 73.2 Å². The highest BCUT2D eigenvalue weighted by atomic mass is 16.2. The van der Waals surface area contributed by atoms with Crippen LogP contribution in [0.15, 0.2) is 66.0 Å². The van der Waals surface area contributed by atoms with Crippen molar-refractivity contribution in [3.8, 4) is 11.3 Å². The number of anilines is 4. The second-order valence-electron chi connectivity index (χ2n) is 19.9. The third-order valence-corrected chi connectivity index (χ3v) is 15.7. The molecular formula is C50H60N16O5. The van der Waals surface area contributed by atoms with Crippen molar-refractivity contribution in [2.45, 2.75) is 64.6 Å². The lowest BCUT2D eigenvalue weighted by Crippen LogP contribution is -2.55. The Balaban J connectivity index is 0.629. The monoisotopic (exact) mass is 964 g/mol. The van der Waals surface area contributed by atoms with Crippen molar-refractivity contribution in [1.82, 2.24) is 60.3 Å². The Morgan fingerprint density at radius 2 is 1.62 bits per heavy atom. The standard InChI is InChI=1S/C50H60N16O5/c1-30-28-64(42-25-34(11-14-51-42)45-39-26-35(5-8-40(39)54-55-45)52-47(69)44-31(2)59(4)50-56-57-58-66(50)32(44)3)24-23-62(30)22-21-60-17-19-61(20-18-60)29-33-12-15-63(16-13-33)36-6-7-37-38(27-36)49(71)65(48(37)70)41-9-10-43(67)53-46(41)68/h5-8,11,14,25-27,30,32-33,41H,9-10,12-13,15-24,28-29H2,1-4H3,(H,52,69)(H,54,55)(H,53,67,68)/t30-,32-,41?/m0/s1. The summed E-state index contributed by atoms with van der Waals surface area (Å²) in [6.45, 7) is 18.0. The van der Waals surface area contributed by atoms with Crippen LogP contribution in [-0.2, 0) is 14.4 Å². The van der Waals surface area contributed by atoms with Crippen molar-refractivity contribution in [1.29, 1.82) is 0 Å². The van der Waals surface area contributed by atoms with Crippen LogP contribution < -0.4 is 25.3 Å². The number of amides is 5. The number of aromatic nitrogens is 7. The zero-order valence-electron chi connectivity index (χ0n) is 40.7. The molecule has 21 heteroatoms. The van der Waals surface area contributed by atoms with Crippen LogP contribution in [0.25, 0.3) is 22.2 Å². The molecule has 5 amide bonds.